The maximum absolute atomic E-state index is 14.2. The molecule has 2 aromatic heterocycles. The van der Waals surface area contributed by atoms with E-state index in [1.54, 1.807) is 6.20 Å². The maximum atomic E-state index is 14.2. The van der Waals surface area contributed by atoms with Gasteiger partial charge in [-0.2, -0.15) is 5.26 Å². The van der Waals surface area contributed by atoms with E-state index in [4.69, 9.17) is 4.42 Å². The number of hydrogen-bond donors (Lipinski definition) is 0. The first kappa shape index (κ1) is 24.1. The van der Waals surface area contributed by atoms with Crippen LogP contribution in [0.4, 0.5) is 4.39 Å². The van der Waals surface area contributed by atoms with Crippen molar-refractivity contribution in [2.45, 2.75) is 52.3 Å². The number of fused-ring (bicyclic) bond motifs is 3. The monoisotopic (exact) mass is 518 g/mol. The van der Waals surface area contributed by atoms with Gasteiger partial charge < -0.3 is 4.42 Å². The zero-order valence-electron chi connectivity index (χ0n) is 24.0. The highest BCUT2D eigenvalue weighted by Gasteiger charge is 2.30. The molecule has 1 aliphatic carbocycles. The molecule has 0 aliphatic heterocycles. The Morgan fingerprint density at radius 1 is 0.949 bits per heavy atom. The summed E-state index contributed by atoms with van der Waals surface area (Å²) in [6.45, 7) is 6.90. The van der Waals surface area contributed by atoms with Crippen LogP contribution in [0, 0.1) is 28.5 Å². The normalized spacial score (nSPS) is 20.2. The lowest BCUT2D eigenvalue weighted by atomic mass is 9.68. The molecule has 3 aromatic carbocycles. The van der Waals surface area contributed by atoms with Crippen molar-refractivity contribution in [1.82, 2.24) is 0 Å². The molecule has 6 rings (SSSR count). The minimum Gasteiger partial charge on any atom is -0.454 e. The predicted molar refractivity (Wildman–Crippen MR) is 155 cm³/mol. The van der Waals surface area contributed by atoms with Crippen molar-refractivity contribution in [3.63, 3.8) is 0 Å². The van der Waals surface area contributed by atoms with Crippen LogP contribution in [-0.4, -0.2) is 0 Å². The van der Waals surface area contributed by atoms with Gasteiger partial charge in [0.25, 0.3) is 0 Å². The Labute approximate surface area is 230 Å². The molecule has 0 atom stereocenters. The molecule has 0 radical (unpaired) electrons. The number of hydrogen-bond acceptors (Lipinski definition) is 2. The van der Waals surface area contributed by atoms with E-state index in [-0.39, 0.29) is 11.2 Å². The zero-order valence-corrected chi connectivity index (χ0v) is 23.0. The lowest BCUT2D eigenvalue weighted by Gasteiger charge is -2.37. The summed E-state index contributed by atoms with van der Waals surface area (Å²) in [6, 6.07) is 23.1. The first-order valence-electron chi connectivity index (χ1n) is 14.2. The van der Waals surface area contributed by atoms with E-state index in [9.17, 15) is 11.0 Å². The van der Waals surface area contributed by atoms with Gasteiger partial charge in [0.05, 0.1) is 17.2 Å². The Bertz CT molecular complexity index is 1780. The van der Waals surface area contributed by atoms with E-state index < -0.39 is 5.89 Å². The van der Waals surface area contributed by atoms with Gasteiger partial charge in [-0.05, 0) is 72.2 Å². The van der Waals surface area contributed by atoms with Gasteiger partial charge in [0, 0.05) is 29.8 Å². The number of nitriles is 1. The first-order valence-corrected chi connectivity index (χ1v) is 13.7. The summed E-state index contributed by atoms with van der Waals surface area (Å²) in [5.41, 5.74) is 6.25. The van der Waals surface area contributed by atoms with Gasteiger partial charge in [-0.15, -0.1) is 0 Å². The van der Waals surface area contributed by atoms with Crippen LogP contribution in [0.3, 0.4) is 0 Å². The average molecular weight is 519 g/mol. The molecule has 1 saturated carbocycles. The minimum absolute atomic E-state index is 0.274. The summed E-state index contributed by atoms with van der Waals surface area (Å²) in [5, 5.41) is 11.9. The van der Waals surface area contributed by atoms with E-state index in [1.807, 2.05) is 54.1 Å². The van der Waals surface area contributed by atoms with E-state index >= 15 is 0 Å². The van der Waals surface area contributed by atoms with Crippen molar-refractivity contribution in [3.8, 4) is 28.5 Å². The van der Waals surface area contributed by atoms with Crippen molar-refractivity contribution in [2.24, 2.45) is 18.4 Å². The molecule has 0 amide bonds. The average Bonchev–Trinajstić information content (AvgIpc) is 3.32. The van der Waals surface area contributed by atoms with Crippen LogP contribution in [0.25, 0.3) is 44.3 Å². The molecular weight excluding hydrogens is 483 g/mol. The Morgan fingerprint density at radius 3 is 2.36 bits per heavy atom. The third-order valence-corrected chi connectivity index (χ3v) is 8.57. The highest BCUT2D eigenvalue weighted by molar-refractivity contribution is 6.13. The van der Waals surface area contributed by atoms with E-state index in [2.05, 4.69) is 39.0 Å². The van der Waals surface area contributed by atoms with Crippen LogP contribution >= 0.6 is 0 Å². The fraction of sp³-hybridized carbons (Fsp3) is 0.314. The molecule has 0 N–H and O–H groups in total. The minimum atomic E-state index is -0.584. The molecular formula is C35H34FN2O+. The van der Waals surface area contributed by atoms with Gasteiger partial charge >= 0.3 is 0 Å². The third kappa shape index (κ3) is 4.51. The van der Waals surface area contributed by atoms with Gasteiger partial charge in [-0.3, -0.25) is 0 Å². The molecule has 1 aliphatic rings. The number of nitrogens with zero attached hydrogens (tertiary/aromatic N) is 2. The largest absolute Gasteiger partial charge is 0.454 e. The number of furan rings is 1. The molecule has 3 nitrogen and oxygen atoms in total. The first-order chi connectivity index (χ1) is 19.1. The van der Waals surface area contributed by atoms with Crippen LogP contribution in [0.1, 0.15) is 64.8 Å². The fourth-order valence-electron chi connectivity index (χ4n) is 6.25. The lowest BCUT2D eigenvalue weighted by molar-refractivity contribution is -0.660. The van der Waals surface area contributed by atoms with Crippen LogP contribution in [0.15, 0.2) is 77.3 Å². The summed E-state index contributed by atoms with van der Waals surface area (Å²) in [7, 11) is 1.88. The highest BCUT2D eigenvalue weighted by Crippen LogP contribution is 2.44. The number of halogens is 1. The van der Waals surface area contributed by atoms with Gasteiger partial charge in [0.1, 0.15) is 24.0 Å². The Kier molecular flexibility index (Phi) is 5.96. The summed E-state index contributed by atoms with van der Waals surface area (Å²) in [6.07, 6.45) is 5.55. The Hall–Kier alpha value is -3.97. The molecule has 4 heteroatoms. The molecule has 0 bridgehead atoms. The molecule has 5 aromatic rings. The van der Waals surface area contributed by atoms with Gasteiger partial charge in [-0.1, -0.05) is 57.2 Å². The van der Waals surface area contributed by atoms with Gasteiger partial charge in [0.2, 0.25) is 5.69 Å². The smallest absolute Gasteiger partial charge is 0.219 e. The molecule has 2 heterocycles. The molecule has 196 valence electrons. The van der Waals surface area contributed by atoms with E-state index in [0.717, 1.165) is 58.7 Å². The fourth-order valence-corrected chi connectivity index (χ4v) is 6.25. The molecule has 39 heavy (non-hydrogen) atoms. The Balaban J connectivity index is 1.44. The standard InChI is InChI=1S/C35H34FN2O/c1-35(2,3)26-15-12-23(13-16-26)22-8-10-24(11-9-22)32-25(21-37)14-17-29-28-6-5-7-30(33(28)39-34(29)32)31-20-27(36)18-19-38(31)4/h5-11,14,17-20,23,26H,12-13,15-16H2,1-4H3/q+1/i23D. The Morgan fingerprint density at radius 2 is 1.67 bits per heavy atom. The molecule has 0 unspecified atom stereocenters. The number of para-hydroxylation sites is 1. The number of benzene rings is 3. The van der Waals surface area contributed by atoms with Gasteiger partial charge in [0.15, 0.2) is 6.20 Å². The van der Waals surface area contributed by atoms with Crippen molar-refractivity contribution in [2.75, 3.05) is 0 Å². The van der Waals surface area contributed by atoms with Gasteiger partial charge in [-0.25, -0.2) is 8.96 Å². The highest BCUT2D eigenvalue weighted by atomic mass is 19.1. The van der Waals surface area contributed by atoms with Crippen LogP contribution in [-0.2, 0) is 7.05 Å². The van der Waals surface area contributed by atoms with Crippen LogP contribution in [0.5, 0.6) is 0 Å². The predicted octanol–water partition coefficient (Wildman–Crippen LogP) is 9.08. The second kappa shape index (κ2) is 9.65. The van der Waals surface area contributed by atoms with E-state index in [1.165, 1.54) is 12.1 Å². The zero-order chi connectivity index (χ0) is 28.2. The molecule has 0 saturated heterocycles. The van der Waals surface area contributed by atoms with E-state index in [0.29, 0.717) is 28.3 Å². The van der Waals surface area contributed by atoms with Crippen molar-refractivity contribution >= 4 is 21.9 Å². The van der Waals surface area contributed by atoms with Crippen molar-refractivity contribution < 1.29 is 14.7 Å². The summed E-state index contributed by atoms with van der Waals surface area (Å²) >= 11 is 0. The maximum Gasteiger partial charge on any atom is 0.219 e. The summed E-state index contributed by atoms with van der Waals surface area (Å²) < 4.78 is 31.9. The summed E-state index contributed by atoms with van der Waals surface area (Å²) in [4.78, 5) is 0. The van der Waals surface area contributed by atoms with Crippen molar-refractivity contribution in [3.05, 3.63) is 89.9 Å². The molecule has 0 spiro atoms. The van der Waals surface area contributed by atoms with Crippen molar-refractivity contribution in [1.29, 1.82) is 5.26 Å². The van der Waals surface area contributed by atoms with Crippen LogP contribution in [0.2, 0.25) is 0 Å². The number of rotatable bonds is 3. The topological polar surface area (TPSA) is 40.8 Å². The number of aromatic nitrogens is 1. The third-order valence-electron chi connectivity index (χ3n) is 8.57. The lowest BCUT2D eigenvalue weighted by Crippen LogP contribution is -2.30. The number of aryl methyl sites for hydroxylation is 1. The SMILES string of the molecule is [2H]C1(c2ccc(-c3c(C#N)ccc4c3oc3c(-c5cc(F)cc[n+]5C)cccc34)cc2)CCC(C(C)(C)C)CC1. The number of pyridine rings is 1. The second-order valence-corrected chi connectivity index (χ2v) is 11.9. The quantitative estimate of drug-likeness (QED) is 0.224. The van der Waals surface area contributed by atoms with Crippen LogP contribution < -0.4 is 4.57 Å². The molecule has 1 fully saturated rings. The second-order valence-electron chi connectivity index (χ2n) is 11.9. The summed E-state index contributed by atoms with van der Waals surface area (Å²) in [5.74, 6) is -0.250.